The minimum Gasteiger partial charge on any atom is -0.474 e. The molecule has 2 amide bonds. The molecule has 0 unspecified atom stereocenters. The molecular formula is C34H44FN7O3. The van der Waals surface area contributed by atoms with Crippen LogP contribution in [0.4, 0.5) is 27.1 Å². The van der Waals surface area contributed by atoms with Gasteiger partial charge in [-0.3, -0.25) is 9.59 Å². The number of hydrogen-bond acceptors (Lipinski definition) is 8. The number of carbonyl (C=O) groups excluding carboxylic acids is 2. The highest BCUT2D eigenvalue weighted by atomic mass is 19.1. The Labute approximate surface area is 265 Å². The number of ether oxygens (including phenoxy) is 1. The van der Waals surface area contributed by atoms with E-state index in [2.05, 4.69) is 58.5 Å². The van der Waals surface area contributed by atoms with E-state index in [0.29, 0.717) is 37.3 Å². The van der Waals surface area contributed by atoms with E-state index in [1.807, 2.05) is 6.92 Å². The summed E-state index contributed by atoms with van der Waals surface area (Å²) in [5.74, 6) is -1.43. The number of piperazine rings is 1. The predicted molar refractivity (Wildman–Crippen MR) is 174 cm³/mol. The van der Waals surface area contributed by atoms with Gasteiger partial charge in [-0.2, -0.15) is 0 Å². The van der Waals surface area contributed by atoms with Crippen LogP contribution in [0, 0.1) is 0 Å². The molecule has 2 fully saturated rings. The molecule has 10 nitrogen and oxygen atoms in total. The molecule has 5 aliphatic rings. The summed E-state index contributed by atoms with van der Waals surface area (Å²) in [6.45, 7) is 9.70. The van der Waals surface area contributed by atoms with E-state index in [1.165, 1.54) is 21.8 Å². The van der Waals surface area contributed by atoms with Crippen LogP contribution in [-0.4, -0.2) is 105 Å². The summed E-state index contributed by atoms with van der Waals surface area (Å²) in [5, 5.41) is 0. The summed E-state index contributed by atoms with van der Waals surface area (Å²) in [6.07, 6.45) is 5.15. The van der Waals surface area contributed by atoms with Crippen LogP contribution >= 0.6 is 0 Å². The van der Waals surface area contributed by atoms with Crippen LogP contribution in [0.1, 0.15) is 43.0 Å². The SMILES string of the molecule is C=C(F)C(=O)N1C[C@@H]2C(=O)N(C)c3c(OC[C@@H]4CCCN4C)nc4c(c3N2C[C@H]1C)CCN(c1cccc2c1CCCN2C)C4. The molecule has 6 heterocycles. The van der Waals surface area contributed by atoms with Crippen LogP contribution in [0.5, 0.6) is 5.88 Å². The highest BCUT2D eigenvalue weighted by molar-refractivity contribution is 6.08. The lowest BCUT2D eigenvalue weighted by molar-refractivity contribution is -0.133. The molecule has 0 aliphatic carbocycles. The van der Waals surface area contributed by atoms with Gasteiger partial charge in [0, 0.05) is 62.8 Å². The number of pyridine rings is 1. The summed E-state index contributed by atoms with van der Waals surface area (Å²) >= 11 is 0. The molecule has 1 aromatic carbocycles. The molecule has 0 saturated carbocycles. The zero-order valence-corrected chi connectivity index (χ0v) is 26.9. The predicted octanol–water partition coefficient (Wildman–Crippen LogP) is 3.37. The summed E-state index contributed by atoms with van der Waals surface area (Å²) in [5.41, 5.74) is 7.70. The standard InChI is InChI=1S/C34H44FN7O3/c1-21-17-42-29(19-41(21)33(43)22(2)35)34(44)39(5)31-30(42)24-13-16-40(28-12-6-11-27-25(28)10-8-15-38(27)4)18-26(24)36-32(31)45-20-23-9-7-14-37(23)3/h6,11-12,21,23,29H,2,7-10,13-20H2,1,3-5H3/t21-,23+,29-/m1/s1. The van der Waals surface area contributed by atoms with E-state index >= 15 is 0 Å². The van der Waals surface area contributed by atoms with Crippen molar-refractivity contribution in [3.05, 3.63) is 47.4 Å². The van der Waals surface area contributed by atoms with Crippen molar-refractivity contribution in [2.24, 2.45) is 0 Å². The topological polar surface area (TPSA) is 75.7 Å². The number of anilines is 4. The molecule has 5 aliphatic heterocycles. The highest BCUT2D eigenvalue weighted by Crippen LogP contribution is 2.48. The van der Waals surface area contributed by atoms with E-state index in [1.54, 1.807) is 11.9 Å². The van der Waals surface area contributed by atoms with Crippen molar-refractivity contribution >= 4 is 34.6 Å². The minimum absolute atomic E-state index is 0.0987. The molecule has 7 rings (SSSR count). The largest absolute Gasteiger partial charge is 0.474 e. The van der Waals surface area contributed by atoms with Crippen molar-refractivity contribution in [3.8, 4) is 5.88 Å². The van der Waals surface area contributed by atoms with Gasteiger partial charge in [-0.1, -0.05) is 12.6 Å². The number of benzene rings is 1. The molecule has 11 heteroatoms. The monoisotopic (exact) mass is 617 g/mol. The lowest BCUT2D eigenvalue weighted by Crippen LogP contribution is -2.66. The molecule has 3 atom stereocenters. The van der Waals surface area contributed by atoms with Crippen molar-refractivity contribution < 1.29 is 18.7 Å². The molecule has 1 aromatic heterocycles. The average Bonchev–Trinajstić information content (AvgIpc) is 3.45. The second-order valence-electron chi connectivity index (χ2n) is 13.4. The highest BCUT2D eigenvalue weighted by Gasteiger charge is 2.47. The Hall–Kier alpha value is -3.86. The molecule has 45 heavy (non-hydrogen) atoms. The Kier molecular flexibility index (Phi) is 7.62. The van der Waals surface area contributed by atoms with Gasteiger partial charge < -0.3 is 34.1 Å². The maximum absolute atomic E-state index is 14.0. The summed E-state index contributed by atoms with van der Waals surface area (Å²) < 4.78 is 20.5. The van der Waals surface area contributed by atoms with E-state index < -0.39 is 17.8 Å². The van der Waals surface area contributed by atoms with Gasteiger partial charge in [0.15, 0.2) is 5.83 Å². The lowest BCUT2D eigenvalue weighted by atomic mass is 9.93. The third-order valence-corrected chi connectivity index (χ3v) is 10.6. The number of halogens is 1. The molecular weight excluding hydrogens is 573 g/mol. The van der Waals surface area contributed by atoms with Gasteiger partial charge in [0.25, 0.3) is 11.8 Å². The molecule has 2 saturated heterocycles. The van der Waals surface area contributed by atoms with Crippen molar-refractivity contribution in [1.29, 1.82) is 0 Å². The van der Waals surface area contributed by atoms with Crippen molar-refractivity contribution in [1.82, 2.24) is 14.8 Å². The minimum atomic E-state index is -1.00. The van der Waals surface area contributed by atoms with Gasteiger partial charge in [0.1, 0.15) is 18.3 Å². The Balaban J connectivity index is 1.30. The first-order valence-electron chi connectivity index (χ1n) is 16.3. The first-order chi connectivity index (χ1) is 21.6. The summed E-state index contributed by atoms with van der Waals surface area (Å²) in [4.78, 5) is 44.1. The number of aromatic nitrogens is 1. The second-order valence-corrected chi connectivity index (χ2v) is 13.4. The quantitative estimate of drug-likeness (QED) is 0.473. The van der Waals surface area contributed by atoms with E-state index in [0.717, 1.165) is 68.7 Å². The first kappa shape index (κ1) is 29.8. The zero-order valence-electron chi connectivity index (χ0n) is 26.9. The Morgan fingerprint density at radius 2 is 1.84 bits per heavy atom. The molecule has 0 radical (unpaired) electrons. The number of amides is 2. The third-order valence-electron chi connectivity index (χ3n) is 10.6. The lowest BCUT2D eigenvalue weighted by Gasteiger charge is -2.51. The number of fused-ring (bicyclic) bond motifs is 6. The van der Waals surface area contributed by atoms with E-state index in [-0.39, 0.29) is 18.5 Å². The van der Waals surface area contributed by atoms with Crippen molar-refractivity contribution in [2.75, 3.05) is 80.1 Å². The van der Waals surface area contributed by atoms with Gasteiger partial charge in [0.2, 0.25) is 5.88 Å². The fourth-order valence-electron chi connectivity index (χ4n) is 8.10. The zero-order chi connectivity index (χ0) is 31.6. The number of likely N-dealkylation sites (N-methyl/N-ethyl adjacent to an activating group) is 2. The number of hydrogen-bond donors (Lipinski definition) is 0. The van der Waals surface area contributed by atoms with Crippen molar-refractivity contribution in [3.63, 3.8) is 0 Å². The van der Waals surface area contributed by atoms with Crippen molar-refractivity contribution in [2.45, 2.75) is 63.7 Å². The van der Waals surface area contributed by atoms with Gasteiger partial charge in [0.05, 0.1) is 24.5 Å². The smallest absolute Gasteiger partial charge is 0.282 e. The molecule has 0 spiro atoms. The van der Waals surface area contributed by atoms with Crippen LogP contribution < -0.4 is 24.3 Å². The normalized spacial score (nSPS) is 24.7. The summed E-state index contributed by atoms with van der Waals surface area (Å²) in [7, 11) is 6.06. The van der Waals surface area contributed by atoms with Gasteiger partial charge in [-0.15, -0.1) is 0 Å². The summed E-state index contributed by atoms with van der Waals surface area (Å²) in [6, 6.07) is 5.96. The Morgan fingerprint density at radius 1 is 1.04 bits per heavy atom. The maximum atomic E-state index is 14.0. The fraction of sp³-hybridized carbons (Fsp3) is 0.559. The Morgan fingerprint density at radius 3 is 2.60 bits per heavy atom. The van der Waals surface area contributed by atoms with Crippen LogP contribution in [-0.2, 0) is 29.0 Å². The number of likely N-dealkylation sites (tertiary alicyclic amines) is 1. The van der Waals surface area contributed by atoms with E-state index in [4.69, 9.17) is 9.72 Å². The van der Waals surface area contributed by atoms with Crippen LogP contribution in [0.2, 0.25) is 0 Å². The number of rotatable bonds is 5. The molecule has 240 valence electrons. The molecule has 2 aromatic rings. The van der Waals surface area contributed by atoms with Gasteiger partial charge in [-0.05, 0) is 70.3 Å². The number of nitrogens with zero attached hydrogens (tertiary/aromatic N) is 7. The van der Waals surface area contributed by atoms with E-state index in [9.17, 15) is 14.0 Å². The third kappa shape index (κ3) is 4.99. The van der Waals surface area contributed by atoms with Crippen LogP contribution in [0.15, 0.2) is 30.6 Å². The Bertz CT molecular complexity index is 1550. The second kappa shape index (κ2) is 11.5. The molecule has 0 N–H and O–H groups in total. The molecule has 0 bridgehead atoms. The van der Waals surface area contributed by atoms with Gasteiger partial charge >= 0.3 is 0 Å². The maximum Gasteiger partial charge on any atom is 0.282 e. The fourth-order valence-corrected chi connectivity index (χ4v) is 8.10. The van der Waals surface area contributed by atoms with Crippen LogP contribution in [0.3, 0.4) is 0 Å². The number of carbonyl (C=O) groups is 2. The first-order valence-corrected chi connectivity index (χ1v) is 16.3. The average molecular weight is 618 g/mol. The van der Waals surface area contributed by atoms with Gasteiger partial charge in [-0.25, -0.2) is 9.37 Å². The van der Waals surface area contributed by atoms with Crippen LogP contribution in [0.25, 0.3) is 0 Å².